The van der Waals surface area contributed by atoms with E-state index in [-0.39, 0.29) is 11.7 Å². The highest BCUT2D eigenvalue weighted by molar-refractivity contribution is 7.99. The van der Waals surface area contributed by atoms with E-state index in [1.54, 1.807) is 44.5 Å². The Morgan fingerprint density at radius 1 is 1.07 bits per heavy atom. The monoisotopic (exact) mass is 414 g/mol. The first kappa shape index (κ1) is 20.5. The van der Waals surface area contributed by atoms with Gasteiger partial charge in [-0.2, -0.15) is 0 Å². The van der Waals surface area contributed by atoms with Gasteiger partial charge in [-0.25, -0.2) is 9.67 Å². The molecule has 0 aliphatic carbocycles. The predicted octanol–water partition coefficient (Wildman–Crippen LogP) is 2.70. The molecule has 1 N–H and O–H groups in total. The molecule has 9 heteroatoms. The van der Waals surface area contributed by atoms with Gasteiger partial charge in [-0.05, 0) is 29.8 Å². The van der Waals surface area contributed by atoms with Crippen LogP contribution in [-0.2, 0) is 11.3 Å². The minimum atomic E-state index is -0.125. The lowest BCUT2D eigenvalue weighted by Crippen LogP contribution is -2.24. The number of rotatable bonds is 9. The zero-order chi connectivity index (χ0) is 20.6. The Labute approximate surface area is 173 Å². The van der Waals surface area contributed by atoms with Crippen molar-refractivity contribution >= 4 is 17.7 Å². The zero-order valence-corrected chi connectivity index (χ0v) is 17.2. The van der Waals surface area contributed by atoms with Crippen LogP contribution >= 0.6 is 11.8 Å². The van der Waals surface area contributed by atoms with Crippen molar-refractivity contribution < 1.29 is 19.0 Å². The second-order valence-corrected chi connectivity index (χ2v) is 6.85. The standard InChI is InChI=1S/C20H22N4O4S/c1-26-16-9-14(10-17(27-2)19(16)28-3)11-21-18(25)12-29-20-22-13-24(23-20)15-7-5-4-6-8-15/h4-10,13H,11-12H2,1-3H3,(H,21,25). The normalized spacial score (nSPS) is 10.4. The summed E-state index contributed by atoms with van der Waals surface area (Å²) in [7, 11) is 4.65. The van der Waals surface area contributed by atoms with E-state index in [0.717, 1.165) is 11.3 Å². The fourth-order valence-corrected chi connectivity index (χ4v) is 3.27. The SMILES string of the molecule is COc1cc(CNC(=O)CSc2ncn(-c3ccccc3)n2)cc(OC)c1OC. The van der Waals surface area contributed by atoms with Crippen LogP contribution in [-0.4, -0.2) is 47.8 Å². The van der Waals surface area contributed by atoms with Gasteiger partial charge in [0.2, 0.25) is 16.8 Å². The lowest BCUT2D eigenvalue weighted by atomic mass is 10.2. The molecule has 0 aliphatic rings. The Morgan fingerprint density at radius 2 is 1.76 bits per heavy atom. The highest BCUT2D eigenvalue weighted by atomic mass is 32.2. The maximum absolute atomic E-state index is 12.2. The fourth-order valence-electron chi connectivity index (χ4n) is 2.64. The van der Waals surface area contributed by atoms with Gasteiger partial charge in [-0.15, -0.1) is 5.10 Å². The maximum atomic E-state index is 12.2. The quantitative estimate of drug-likeness (QED) is 0.539. The van der Waals surface area contributed by atoms with E-state index >= 15 is 0 Å². The van der Waals surface area contributed by atoms with E-state index < -0.39 is 0 Å². The van der Waals surface area contributed by atoms with Crippen LogP contribution in [0.2, 0.25) is 0 Å². The summed E-state index contributed by atoms with van der Waals surface area (Å²) in [6.45, 7) is 0.335. The summed E-state index contributed by atoms with van der Waals surface area (Å²) in [5.74, 6) is 1.69. The van der Waals surface area contributed by atoms with Gasteiger partial charge >= 0.3 is 0 Å². The summed E-state index contributed by atoms with van der Waals surface area (Å²) in [6, 6.07) is 13.3. The minimum absolute atomic E-state index is 0.125. The summed E-state index contributed by atoms with van der Waals surface area (Å²) >= 11 is 1.28. The Balaban J connectivity index is 1.55. The average molecular weight is 414 g/mol. The van der Waals surface area contributed by atoms with E-state index in [2.05, 4.69) is 15.4 Å². The van der Waals surface area contributed by atoms with E-state index in [0.29, 0.717) is 28.9 Å². The fraction of sp³-hybridized carbons (Fsp3) is 0.250. The van der Waals surface area contributed by atoms with Crippen molar-refractivity contribution in [1.29, 1.82) is 0 Å². The zero-order valence-electron chi connectivity index (χ0n) is 16.4. The molecule has 0 radical (unpaired) electrons. The van der Waals surface area contributed by atoms with E-state index in [4.69, 9.17) is 14.2 Å². The summed E-state index contributed by atoms with van der Waals surface area (Å²) in [6.07, 6.45) is 1.63. The summed E-state index contributed by atoms with van der Waals surface area (Å²) in [4.78, 5) is 16.5. The number of hydrogen-bond acceptors (Lipinski definition) is 7. The molecule has 1 amide bonds. The second kappa shape index (κ2) is 9.83. The van der Waals surface area contributed by atoms with Crippen LogP contribution in [0.4, 0.5) is 0 Å². The molecule has 0 saturated heterocycles. The lowest BCUT2D eigenvalue weighted by Gasteiger charge is -2.14. The molecule has 1 aromatic heterocycles. The first-order chi connectivity index (χ1) is 14.1. The van der Waals surface area contributed by atoms with Gasteiger partial charge in [0.15, 0.2) is 11.5 Å². The van der Waals surface area contributed by atoms with Crippen molar-refractivity contribution in [3.05, 3.63) is 54.4 Å². The van der Waals surface area contributed by atoms with Gasteiger partial charge in [-0.3, -0.25) is 4.79 Å². The molecule has 152 valence electrons. The first-order valence-corrected chi connectivity index (χ1v) is 9.78. The number of carbonyl (C=O) groups is 1. The van der Waals surface area contributed by atoms with Gasteiger partial charge in [0.05, 0.1) is 32.8 Å². The third kappa shape index (κ3) is 5.20. The van der Waals surface area contributed by atoms with Crippen molar-refractivity contribution in [2.45, 2.75) is 11.7 Å². The number of aromatic nitrogens is 3. The van der Waals surface area contributed by atoms with Crippen LogP contribution in [0.15, 0.2) is 53.9 Å². The molecule has 0 saturated carbocycles. The van der Waals surface area contributed by atoms with Crippen molar-refractivity contribution in [1.82, 2.24) is 20.1 Å². The second-order valence-electron chi connectivity index (χ2n) is 5.91. The lowest BCUT2D eigenvalue weighted by molar-refractivity contribution is -0.118. The molecule has 2 aromatic carbocycles. The Kier molecular flexibility index (Phi) is 6.96. The molecule has 0 bridgehead atoms. The van der Waals surface area contributed by atoms with Crippen LogP contribution in [0, 0.1) is 0 Å². The third-order valence-corrected chi connectivity index (χ3v) is 4.89. The molecule has 29 heavy (non-hydrogen) atoms. The molecular formula is C20H22N4O4S. The van der Waals surface area contributed by atoms with Crippen molar-refractivity contribution in [3.8, 4) is 22.9 Å². The molecule has 0 aliphatic heterocycles. The van der Waals surface area contributed by atoms with Gasteiger partial charge < -0.3 is 19.5 Å². The number of nitrogens with zero attached hydrogens (tertiary/aromatic N) is 3. The number of nitrogens with one attached hydrogen (secondary N) is 1. The number of thioether (sulfide) groups is 1. The van der Waals surface area contributed by atoms with Gasteiger partial charge in [0.25, 0.3) is 0 Å². The molecule has 0 spiro atoms. The van der Waals surface area contributed by atoms with E-state index in [9.17, 15) is 4.79 Å². The molecule has 0 fully saturated rings. The van der Waals surface area contributed by atoms with Gasteiger partial charge in [0, 0.05) is 6.54 Å². The molecule has 3 aromatic rings. The Bertz CT molecular complexity index is 937. The van der Waals surface area contributed by atoms with Crippen LogP contribution in [0.1, 0.15) is 5.56 Å². The van der Waals surface area contributed by atoms with Crippen LogP contribution in [0.3, 0.4) is 0 Å². The molecule has 1 heterocycles. The Hall–Kier alpha value is -3.20. The summed E-state index contributed by atoms with van der Waals surface area (Å²) < 4.78 is 17.6. The maximum Gasteiger partial charge on any atom is 0.230 e. The topological polar surface area (TPSA) is 87.5 Å². The number of carbonyl (C=O) groups excluding carboxylic acids is 1. The first-order valence-electron chi connectivity index (χ1n) is 8.80. The summed E-state index contributed by atoms with van der Waals surface area (Å²) in [5.41, 5.74) is 1.75. The average Bonchev–Trinajstić information content (AvgIpc) is 3.25. The van der Waals surface area contributed by atoms with E-state index in [1.807, 2.05) is 30.3 Å². The van der Waals surface area contributed by atoms with E-state index in [1.165, 1.54) is 11.8 Å². The predicted molar refractivity (Wildman–Crippen MR) is 110 cm³/mol. The largest absolute Gasteiger partial charge is 0.493 e. The van der Waals surface area contributed by atoms with Crippen molar-refractivity contribution in [2.75, 3.05) is 27.1 Å². The molecule has 0 unspecified atom stereocenters. The molecule has 3 rings (SSSR count). The number of amides is 1. The molecule has 0 atom stereocenters. The van der Waals surface area contributed by atoms with Crippen LogP contribution in [0.5, 0.6) is 17.2 Å². The smallest absolute Gasteiger partial charge is 0.230 e. The molecule has 8 nitrogen and oxygen atoms in total. The highest BCUT2D eigenvalue weighted by Crippen LogP contribution is 2.38. The van der Waals surface area contributed by atoms with Gasteiger partial charge in [-0.1, -0.05) is 30.0 Å². The number of benzene rings is 2. The van der Waals surface area contributed by atoms with Gasteiger partial charge in [0.1, 0.15) is 6.33 Å². The minimum Gasteiger partial charge on any atom is -0.493 e. The summed E-state index contributed by atoms with van der Waals surface area (Å²) in [5, 5.41) is 7.79. The highest BCUT2D eigenvalue weighted by Gasteiger charge is 2.14. The number of hydrogen-bond donors (Lipinski definition) is 1. The van der Waals surface area contributed by atoms with Crippen molar-refractivity contribution in [2.24, 2.45) is 0 Å². The van der Waals surface area contributed by atoms with Crippen LogP contribution < -0.4 is 19.5 Å². The third-order valence-electron chi connectivity index (χ3n) is 4.04. The number of methoxy groups -OCH3 is 3. The Morgan fingerprint density at radius 3 is 2.38 bits per heavy atom. The number of ether oxygens (including phenoxy) is 3. The van der Waals surface area contributed by atoms with Crippen LogP contribution in [0.25, 0.3) is 5.69 Å². The molecular weight excluding hydrogens is 392 g/mol. The number of para-hydroxylation sites is 1. The van der Waals surface area contributed by atoms with Crippen molar-refractivity contribution in [3.63, 3.8) is 0 Å².